The van der Waals surface area contributed by atoms with Crippen molar-refractivity contribution in [2.24, 2.45) is 18.2 Å². The quantitative estimate of drug-likeness (QED) is 0.802. The molecule has 84 valence electrons. The Kier molecular flexibility index (Phi) is 2.54. The van der Waals surface area contributed by atoms with Crippen molar-refractivity contribution in [2.75, 3.05) is 0 Å². The predicted molar refractivity (Wildman–Crippen MR) is 59.3 cm³/mol. The van der Waals surface area contributed by atoms with Crippen molar-refractivity contribution >= 4 is 0 Å². The lowest BCUT2D eigenvalue weighted by Gasteiger charge is -2.25. The lowest BCUT2D eigenvalue weighted by molar-refractivity contribution is 0.316. The molecule has 0 spiro atoms. The molecule has 2 N–H and O–H groups in total. The highest BCUT2D eigenvalue weighted by molar-refractivity contribution is 5.08. The van der Waals surface area contributed by atoms with E-state index in [2.05, 4.69) is 28.6 Å². The zero-order valence-electron chi connectivity index (χ0n) is 9.82. The van der Waals surface area contributed by atoms with Crippen LogP contribution >= 0.6 is 0 Å². The monoisotopic (exact) mass is 208 g/mol. The smallest absolute Gasteiger partial charge is 0.146 e. The third-order valence-corrected chi connectivity index (χ3v) is 3.75. The topological polar surface area (TPSA) is 56.7 Å². The van der Waals surface area contributed by atoms with Crippen molar-refractivity contribution in [1.29, 1.82) is 0 Å². The fourth-order valence-electron chi connectivity index (χ4n) is 2.66. The van der Waals surface area contributed by atoms with Crippen LogP contribution < -0.4 is 5.73 Å². The Morgan fingerprint density at radius 2 is 2.20 bits per heavy atom. The van der Waals surface area contributed by atoms with E-state index in [9.17, 15) is 0 Å². The molecule has 2 rings (SSSR count). The normalized spacial score (nSPS) is 24.7. The number of hydrogen-bond donors (Lipinski definition) is 1. The highest BCUT2D eigenvalue weighted by atomic mass is 15.3. The number of rotatable bonds is 2. The Hall–Kier alpha value is -0.900. The summed E-state index contributed by atoms with van der Waals surface area (Å²) in [6.45, 7) is 5.11. The summed E-state index contributed by atoms with van der Waals surface area (Å²) in [5.74, 6) is 2.53. The van der Waals surface area contributed by atoms with Crippen molar-refractivity contribution in [3.8, 4) is 0 Å². The number of hydrogen-bond acceptors (Lipinski definition) is 3. The van der Waals surface area contributed by atoms with Crippen molar-refractivity contribution in [3.63, 3.8) is 0 Å². The van der Waals surface area contributed by atoms with Crippen LogP contribution in [0.15, 0.2) is 0 Å². The Morgan fingerprint density at radius 1 is 1.47 bits per heavy atom. The summed E-state index contributed by atoms with van der Waals surface area (Å²) < 4.78 is 2.07. The molecule has 4 heteroatoms. The van der Waals surface area contributed by atoms with Gasteiger partial charge in [-0.05, 0) is 18.3 Å². The van der Waals surface area contributed by atoms with Crippen LogP contribution in [-0.2, 0) is 13.6 Å². The second-order valence-corrected chi connectivity index (χ2v) is 5.17. The Balaban J connectivity index is 2.33. The van der Waals surface area contributed by atoms with Crippen LogP contribution in [0.2, 0.25) is 0 Å². The molecule has 1 aliphatic rings. The molecule has 1 unspecified atom stereocenters. The predicted octanol–water partition coefficient (Wildman–Crippen LogP) is 1.57. The maximum absolute atomic E-state index is 5.61. The van der Waals surface area contributed by atoms with Gasteiger partial charge in [0, 0.05) is 13.0 Å². The van der Waals surface area contributed by atoms with Gasteiger partial charge < -0.3 is 10.3 Å². The third kappa shape index (κ3) is 1.67. The fraction of sp³-hybridized carbons (Fsp3) is 0.818. The van der Waals surface area contributed by atoms with E-state index in [0.717, 1.165) is 11.6 Å². The van der Waals surface area contributed by atoms with Crippen LogP contribution in [0.1, 0.15) is 50.7 Å². The van der Waals surface area contributed by atoms with Gasteiger partial charge in [-0.3, -0.25) is 0 Å². The van der Waals surface area contributed by atoms with Gasteiger partial charge in [0.1, 0.15) is 11.6 Å². The molecule has 0 radical (unpaired) electrons. The lowest BCUT2D eigenvalue weighted by atomic mass is 9.81. The van der Waals surface area contributed by atoms with E-state index in [4.69, 9.17) is 5.73 Å². The van der Waals surface area contributed by atoms with E-state index < -0.39 is 0 Å². The average Bonchev–Trinajstić information content (AvgIpc) is 2.69. The van der Waals surface area contributed by atoms with E-state index in [1.807, 2.05) is 7.05 Å². The zero-order chi connectivity index (χ0) is 11.1. The van der Waals surface area contributed by atoms with Gasteiger partial charge in [-0.15, -0.1) is 10.2 Å². The average molecular weight is 208 g/mol. The van der Waals surface area contributed by atoms with Crippen molar-refractivity contribution < 1.29 is 0 Å². The van der Waals surface area contributed by atoms with E-state index in [1.165, 1.54) is 19.3 Å². The summed E-state index contributed by atoms with van der Waals surface area (Å²) >= 11 is 0. The molecule has 1 aromatic heterocycles. The van der Waals surface area contributed by atoms with Crippen LogP contribution in [-0.4, -0.2) is 14.8 Å². The zero-order valence-corrected chi connectivity index (χ0v) is 9.82. The van der Waals surface area contributed by atoms with Crippen molar-refractivity contribution in [3.05, 3.63) is 11.6 Å². The van der Waals surface area contributed by atoms with Gasteiger partial charge in [0.05, 0.1) is 6.54 Å². The number of nitrogens with zero attached hydrogens (tertiary/aromatic N) is 3. The highest BCUT2D eigenvalue weighted by Crippen LogP contribution is 2.48. The molecule has 4 nitrogen and oxygen atoms in total. The summed E-state index contributed by atoms with van der Waals surface area (Å²) in [7, 11) is 2.02. The Morgan fingerprint density at radius 3 is 2.67 bits per heavy atom. The van der Waals surface area contributed by atoms with Crippen molar-refractivity contribution in [2.45, 2.75) is 45.6 Å². The van der Waals surface area contributed by atoms with E-state index in [0.29, 0.717) is 17.9 Å². The first kappa shape index (κ1) is 10.6. The fourth-order valence-corrected chi connectivity index (χ4v) is 2.66. The molecular weight excluding hydrogens is 188 g/mol. The third-order valence-electron chi connectivity index (χ3n) is 3.75. The first-order valence-electron chi connectivity index (χ1n) is 5.64. The molecular formula is C11H20N4. The highest BCUT2D eigenvalue weighted by Gasteiger charge is 2.38. The lowest BCUT2D eigenvalue weighted by Crippen LogP contribution is -2.19. The minimum Gasteiger partial charge on any atom is -0.324 e. The van der Waals surface area contributed by atoms with Crippen molar-refractivity contribution in [1.82, 2.24) is 14.8 Å². The van der Waals surface area contributed by atoms with Crippen LogP contribution in [0.25, 0.3) is 0 Å². The van der Waals surface area contributed by atoms with Gasteiger partial charge in [-0.25, -0.2) is 0 Å². The molecule has 15 heavy (non-hydrogen) atoms. The molecule has 0 amide bonds. The molecule has 0 bridgehead atoms. The molecule has 0 aliphatic heterocycles. The largest absolute Gasteiger partial charge is 0.324 e. The maximum Gasteiger partial charge on any atom is 0.146 e. The maximum atomic E-state index is 5.61. The summed E-state index contributed by atoms with van der Waals surface area (Å²) in [5.41, 5.74) is 5.96. The van der Waals surface area contributed by atoms with Gasteiger partial charge >= 0.3 is 0 Å². The summed E-state index contributed by atoms with van der Waals surface area (Å²) in [4.78, 5) is 0. The molecule has 1 fully saturated rings. The molecule has 0 saturated heterocycles. The minimum absolute atomic E-state index is 0.354. The standard InChI is InChI=1S/C11H20N4/c1-11(2)6-4-5-8(11)10-14-13-9(7-12)15(10)3/h8H,4-7,12H2,1-3H3. The van der Waals surface area contributed by atoms with Gasteiger partial charge in [-0.2, -0.15) is 0 Å². The molecule has 1 saturated carbocycles. The van der Waals surface area contributed by atoms with Gasteiger partial charge in [0.15, 0.2) is 0 Å². The summed E-state index contributed by atoms with van der Waals surface area (Å²) in [6, 6.07) is 0. The van der Waals surface area contributed by atoms with Crippen LogP contribution in [0.3, 0.4) is 0 Å². The van der Waals surface area contributed by atoms with E-state index >= 15 is 0 Å². The first-order chi connectivity index (χ1) is 7.06. The second kappa shape index (κ2) is 3.59. The van der Waals surface area contributed by atoms with Crippen LogP contribution in [0.4, 0.5) is 0 Å². The summed E-state index contributed by atoms with van der Waals surface area (Å²) in [6.07, 6.45) is 3.80. The Bertz CT molecular complexity index is 353. The number of nitrogens with two attached hydrogens (primary N) is 1. The van der Waals surface area contributed by atoms with Gasteiger partial charge in [0.25, 0.3) is 0 Å². The number of aromatic nitrogens is 3. The molecule has 1 aliphatic carbocycles. The molecule has 1 aromatic rings. The van der Waals surface area contributed by atoms with Crippen LogP contribution in [0.5, 0.6) is 0 Å². The molecule has 1 heterocycles. The first-order valence-corrected chi connectivity index (χ1v) is 5.64. The van der Waals surface area contributed by atoms with Gasteiger partial charge in [0.2, 0.25) is 0 Å². The SMILES string of the molecule is Cn1c(CN)nnc1C1CCCC1(C)C. The Labute approximate surface area is 90.9 Å². The molecule has 0 aromatic carbocycles. The van der Waals surface area contributed by atoms with Gasteiger partial charge in [-0.1, -0.05) is 20.3 Å². The van der Waals surface area contributed by atoms with E-state index in [-0.39, 0.29) is 0 Å². The van der Waals surface area contributed by atoms with Crippen LogP contribution in [0, 0.1) is 5.41 Å². The van der Waals surface area contributed by atoms with E-state index in [1.54, 1.807) is 0 Å². The molecule has 1 atom stereocenters. The minimum atomic E-state index is 0.354. The summed E-state index contributed by atoms with van der Waals surface area (Å²) in [5, 5.41) is 8.43. The second-order valence-electron chi connectivity index (χ2n) is 5.17.